The minimum Gasteiger partial charge on any atom is -0.437 e. The van der Waals surface area contributed by atoms with Crippen LogP contribution in [0, 0.1) is 0 Å². The van der Waals surface area contributed by atoms with Crippen LogP contribution in [0.4, 0.5) is 0 Å². The van der Waals surface area contributed by atoms with E-state index in [0.717, 1.165) is 70.4 Å². The van der Waals surface area contributed by atoms with Gasteiger partial charge in [-0.25, -0.2) is 0 Å². The van der Waals surface area contributed by atoms with Crippen molar-refractivity contribution < 1.29 is 50.4 Å². The Balaban J connectivity index is 4.15. The highest BCUT2D eigenvalue weighted by Gasteiger charge is 2.48. The smallest absolute Gasteiger partial charge is 0.317 e. The van der Waals surface area contributed by atoms with Crippen LogP contribution in [0.3, 0.4) is 0 Å². The summed E-state index contributed by atoms with van der Waals surface area (Å²) in [7, 11) is -11.7. The maximum atomic E-state index is 9.66. The summed E-state index contributed by atoms with van der Waals surface area (Å²) in [6.07, 6.45) is 26.1. The molecule has 0 aliphatic rings. The summed E-state index contributed by atoms with van der Waals surface area (Å²) < 4.78 is 56.7. The molecule has 3 unspecified atom stereocenters. The van der Waals surface area contributed by atoms with Crippen LogP contribution in [0.15, 0.2) is 0 Å². The van der Waals surface area contributed by atoms with Crippen LogP contribution in [0.1, 0.15) is 142 Å². The molecular formula is C46H104O11Si5. The second kappa shape index (κ2) is 38.6. The zero-order valence-electron chi connectivity index (χ0n) is 42.7. The Hall–Kier alpha value is 0.644. The Morgan fingerprint density at radius 3 is 1.05 bits per heavy atom. The van der Waals surface area contributed by atoms with Crippen LogP contribution in [0.5, 0.6) is 0 Å². The van der Waals surface area contributed by atoms with Crippen molar-refractivity contribution in [2.75, 3.05) is 72.7 Å². The van der Waals surface area contributed by atoms with Gasteiger partial charge >= 0.3 is 25.7 Å². The molecule has 0 aromatic heterocycles. The summed E-state index contributed by atoms with van der Waals surface area (Å²) in [5, 5.41) is 18.8. The Labute approximate surface area is 389 Å². The number of aliphatic hydroxyl groups is 2. The molecule has 374 valence electrons. The predicted octanol–water partition coefficient (Wildman–Crippen LogP) is 12.2. The second-order valence-corrected chi connectivity index (χ2v) is 40.3. The van der Waals surface area contributed by atoms with Gasteiger partial charge in [0.1, 0.15) is 6.10 Å². The molecule has 0 heterocycles. The van der Waals surface area contributed by atoms with E-state index >= 15 is 0 Å². The number of ether oxygens (including phenoxy) is 5. The molecule has 0 radical (unpaired) electrons. The lowest BCUT2D eigenvalue weighted by molar-refractivity contribution is 0.00623. The maximum absolute atomic E-state index is 9.66. The zero-order valence-corrected chi connectivity index (χ0v) is 47.7. The highest BCUT2D eigenvalue weighted by Crippen LogP contribution is 2.32. The van der Waals surface area contributed by atoms with E-state index in [0.29, 0.717) is 39.6 Å². The maximum Gasteiger partial charge on any atom is 0.317 e. The second-order valence-electron chi connectivity index (χ2n) is 20.2. The average molecular weight is 974 g/mol. The van der Waals surface area contributed by atoms with E-state index < -0.39 is 48.4 Å². The molecule has 0 aromatic rings. The predicted molar refractivity (Wildman–Crippen MR) is 271 cm³/mol. The Kier molecular flexibility index (Phi) is 39.0. The molecule has 0 spiro atoms. The molecule has 0 aromatic carbocycles. The molecule has 0 fully saturated rings. The number of unbranched alkanes of at least 4 members (excludes halogenated alkanes) is 17. The average Bonchev–Trinajstić information content (AvgIpc) is 3.16. The van der Waals surface area contributed by atoms with Gasteiger partial charge in [-0.3, -0.25) is 0 Å². The molecule has 0 aliphatic heterocycles. The van der Waals surface area contributed by atoms with Gasteiger partial charge in [0, 0.05) is 33.0 Å². The Morgan fingerprint density at radius 2 is 0.677 bits per heavy atom. The largest absolute Gasteiger partial charge is 0.437 e. The fourth-order valence-corrected chi connectivity index (χ4v) is 31.6. The fraction of sp³-hybridized carbons (Fsp3) is 1.00. The third-order valence-electron chi connectivity index (χ3n) is 10.3. The van der Waals surface area contributed by atoms with Crippen molar-refractivity contribution >= 4 is 42.3 Å². The topological polar surface area (TPSA) is 124 Å². The fourth-order valence-electron chi connectivity index (χ4n) is 7.87. The molecule has 0 saturated heterocycles. The molecule has 0 aliphatic carbocycles. The molecule has 0 bridgehead atoms. The van der Waals surface area contributed by atoms with E-state index in [4.69, 9.17) is 45.3 Å². The van der Waals surface area contributed by atoms with Crippen molar-refractivity contribution in [1.82, 2.24) is 0 Å². The van der Waals surface area contributed by atoms with Crippen LogP contribution in [-0.4, -0.2) is 131 Å². The SMILES string of the molecule is CCCCCCCCCCCCCCCCCCOCCOCCCCCOCCOCCC[Si](C)(O[Si](C)(C)O[Si](C)(C)C)O[Si](C)(CCCOCC(O)CO)O[Si](C)(C)C. The summed E-state index contributed by atoms with van der Waals surface area (Å²) in [6.45, 7) is 29.9. The van der Waals surface area contributed by atoms with Crippen LogP contribution in [0.2, 0.25) is 77.6 Å². The van der Waals surface area contributed by atoms with E-state index in [1.54, 1.807) is 0 Å². The number of hydrogen-bond acceptors (Lipinski definition) is 11. The third-order valence-corrected chi connectivity index (χ3v) is 28.6. The summed E-state index contributed by atoms with van der Waals surface area (Å²) in [5.74, 6) is 0. The third kappa shape index (κ3) is 43.2. The van der Waals surface area contributed by atoms with E-state index in [9.17, 15) is 5.11 Å². The highest BCUT2D eigenvalue weighted by molar-refractivity contribution is 6.90. The van der Waals surface area contributed by atoms with Gasteiger partial charge in [-0.05, 0) is 116 Å². The van der Waals surface area contributed by atoms with Gasteiger partial charge in [-0.15, -0.1) is 0 Å². The van der Waals surface area contributed by atoms with Crippen molar-refractivity contribution in [1.29, 1.82) is 0 Å². The lowest BCUT2D eigenvalue weighted by Crippen LogP contribution is -2.60. The van der Waals surface area contributed by atoms with Gasteiger partial charge in [0.15, 0.2) is 16.6 Å². The van der Waals surface area contributed by atoms with Crippen LogP contribution < -0.4 is 0 Å². The summed E-state index contributed by atoms with van der Waals surface area (Å²) in [5.41, 5.74) is 0. The van der Waals surface area contributed by atoms with Crippen molar-refractivity contribution in [3.63, 3.8) is 0 Å². The first-order valence-corrected chi connectivity index (χ1v) is 40.0. The normalized spacial score (nSPS) is 15.2. The lowest BCUT2D eigenvalue weighted by atomic mass is 10.0. The Bertz CT molecular complexity index is 992. The molecule has 0 saturated carbocycles. The molecule has 0 amide bonds. The zero-order chi connectivity index (χ0) is 46.5. The molecule has 11 nitrogen and oxygen atoms in total. The van der Waals surface area contributed by atoms with Gasteiger partial charge in [0.25, 0.3) is 0 Å². The van der Waals surface area contributed by atoms with Gasteiger partial charge in [-0.1, -0.05) is 103 Å². The lowest BCUT2D eigenvalue weighted by Gasteiger charge is -2.44. The first-order chi connectivity index (χ1) is 29.3. The summed E-state index contributed by atoms with van der Waals surface area (Å²) >= 11 is 0. The molecule has 62 heavy (non-hydrogen) atoms. The van der Waals surface area contributed by atoms with Gasteiger partial charge in [0.05, 0.1) is 39.6 Å². The van der Waals surface area contributed by atoms with Crippen LogP contribution >= 0.6 is 0 Å². The van der Waals surface area contributed by atoms with E-state index in [-0.39, 0.29) is 13.2 Å². The number of rotatable bonds is 48. The molecule has 16 heteroatoms. The monoisotopic (exact) mass is 973 g/mol. The van der Waals surface area contributed by atoms with Crippen molar-refractivity contribution in [2.24, 2.45) is 0 Å². The first-order valence-electron chi connectivity index (χ1n) is 25.3. The molecule has 2 N–H and O–H groups in total. The summed E-state index contributed by atoms with van der Waals surface area (Å²) in [4.78, 5) is 0. The van der Waals surface area contributed by atoms with Gasteiger partial charge in [0.2, 0.25) is 0 Å². The van der Waals surface area contributed by atoms with E-state index in [2.05, 4.69) is 72.4 Å². The molecule has 0 rings (SSSR count). The molecule has 3 atom stereocenters. The minimum absolute atomic E-state index is 0.116. The molecular weight excluding hydrogens is 869 g/mol. The quantitative estimate of drug-likeness (QED) is 0.0447. The van der Waals surface area contributed by atoms with Gasteiger partial charge < -0.3 is 50.4 Å². The standard InChI is InChI=1S/C46H104O11Si5/c1-12-13-14-15-16-17-18-19-20-21-22-23-24-25-26-28-33-49-38-39-50-34-29-27-30-35-51-40-41-52-36-31-43-62(11,56-60(8,9)54-58(2,3)4)57-61(10,55-59(5,6)7)42-32-37-53-45-46(48)44-47/h46-48H,12-45H2,1-11H3. The Morgan fingerprint density at radius 1 is 0.355 bits per heavy atom. The van der Waals surface area contributed by atoms with Crippen LogP contribution in [0.25, 0.3) is 0 Å². The summed E-state index contributed by atoms with van der Waals surface area (Å²) in [6, 6.07) is 1.54. The van der Waals surface area contributed by atoms with E-state index in [1.165, 1.54) is 96.3 Å². The van der Waals surface area contributed by atoms with Gasteiger partial charge in [-0.2, -0.15) is 0 Å². The van der Waals surface area contributed by atoms with Crippen LogP contribution in [-0.2, 0) is 40.1 Å². The van der Waals surface area contributed by atoms with Crippen molar-refractivity contribution in [2.45, 2.75) is 225 Å². The van der Waals surface area contributed by atoms with Crippen molar-refractivity contribution in [3.05, 3.63) is 0 Å². The van der Waals surface area contributed by atoms with E-state index in [1.807, 2.05) is 0 Å². The minimum atomic E-state index is -2.76. The number of hydrogen-bond donors (Lipinski definition) is 2. The highest BCUT2D eigenvalue weighted by atomic mass is 28.5. The first kappa shape index (κ1) is 62.6. The number of aliphatic hydroxyl groups excluding tert-OH is 2. The van der Waals surface area contributed by atoms with Crippen molar-refractivity contribution in [3.8, 4) is 0 Å².